The molecule has 0 aliphatic carbocycles. The Morgan fingerprint density at radius 2 is 0.943 bits per heavy atom. The Balaban J connectivity index is 0.000000206. The van der Waals surface area contributed by atoms with Gasteiger partial charge < -0.3 is 39.7 Å². The summed E-state index contributed by atoms with van der Waals surface area (Å²) in [7, 11) is 7.90. The molecular formula is C54H58F2N8O6. The van der Waals surface area contributed by atoms with Gasteiger partial charge in [-0.2, -0.15) is 0 Å². The molecule has 0 atom stereocenters. The van der Waals surface area contributed by atoms with Crippen LogP contribution in [0.25, 0.3) is 0 Å². The minimum atomic E-state index is -0.568. The second-order valence-corrected chi connectivity index (χ2v) is 17.8. The highest BCUT2D eigenvalue weighted by atomic mass is 19.1. The number of halogens is 2. The van der Waals surface area contributed by atoms with Crippen LogP contribution in [0.5, 0.6) is 11.8 Å². The van der Waals surface area contributed by atoms with E-state index < -0.39 is 29.4 Å². The molecule has 70 heavy (non-hydrogen) atoms. The maximum absolute atomic E-state index is 14.0. The number of pyridine rings is 2. The summed E-state index contributed by atoms with van der Waals surface area (Å²) in [6.07, 6.45) is 4.33. The molecule has 4 amide bonds. The number of anilines is 2. The van der Waals surface area contributed by atoms with Gasteiger partial charge in [0.2, 0.25) is 11.8 Å². The van der Waals surface area contributed by atoms with E-state index in [1.165, 1.54) is 29.2 Å². The summed E-state index contributed by atoms with van der Waals surface area (Å²) in [5.41, 5.74) is 6.81. The Kier molecular flexibility index (Phi) is 16.4. The van der Waals surface area contributed by atoms with Crippen molar-refractivity contribution in [3.63, 3.8) is 0 Å². The molecule has 2 aliphatic heterocycles. The van der Waals surface area contributed by atoms with Crippen LogP contribution in [0.3, 0.4) is 0 Å². The van der Waals surface area contributed by atoms with Crippen LogP contribution in [-0.4, -0.2) is 123 Å². The number of hydrogen-bond donors (Lipinski definition) is 2. The van der Waals surface area contributed by atoms with E-state index in [-0.39, 0.29) is 40.4 Å². The maximum Gasteiger partial charge on any atom is 0.255 e. The van der Waals surface area contributed by atoms with Crippen LogP contribution in [0.2, 0.25) is 0 Å². The van der Waals surface area contributed by atoms with Crippen LogP contribution < -0.4 is 29.9 Å². The molecule has 2 aromatic heterocycles. The van der Waals surface area contributed by atoms with Gasteiger partial charge in [0, 0.05) is 77.2 Å². The van der Waals surface area contributed by atoms with Crippen LogP contribution in [0.1, 0.15) is 63.7 Å². The lowest BCUT2D eigenvalue weighted by Crippen LogP contribution is -2.56. The number of hydrogen-bond acceptors (Lipinski definition) is 10. The number of aromatic nitrogens is 2. The fourth-order valence-electron chi connectivity index (χ4n) is 7.62. The summed E-state index contributed by atoms with van der Waals surface area (Å²) in [4.78, 5) is 67.3. The third-order valence-corrected chi connectivity index (χ3v) is 11.8. The molecule has 16 heteroatoms. The molecule has 6 aromatic rings. The van der Waals surface area contributed by atoms with Crippen LogP contribution in [0, 0.1) is 25.5 Å². The highest BCUT2D eigenvalue weighted by molar-refractivity contribution is 6.08. The molecule has 8 rings (SSSR count). The lowest BCUT2D eigenvalue weighted by molar-refractivity contribution is 0.0158. The predicted molar refractivity (Wildman–Crippen MR) is 265 cm³/mol. The summed E-state index contributed by atoms with van der Waals surface area (Å²) in [5.74, 6) is -1.74. The van der Waals surface area contributed by atoms with E-state index in [0.29, 0.717) is 63.9 Å². The monoisotopic (exact) mass is 952 g/mol. The van der Waals surface area contributed by atoms with Crippen molar-refractivity contribution in [2.45, 2.75) is 38.9 Å². The third-order valence-electron chi connectivity index (χ3n) is 11.8. The summed E-state index contributed by atoms with van der Waals surface area (Å²) < 4.78 is 39.5. The summed E-state index contributed by atoms with van der Waals surface area (Å²) in [6, 6.07) is 30.8. The van der Waals surface area contributed by atoms with Crippen molar-refractivity contribution < 1.29 is 37.4 Å². The largest absolute Gasteiger partial charge is 0.471 e. The van der Waals surface area contributed by atoms with Crippen molar-refractivity contribution in [2.24, 2.45) is 0 Å². The van der Waals surface area contributed by atoms with Crippen molar-refractivity contribution in [2.75, 3.05) is 77.3 Å². The highest BCUT2D eigenvalue weighted by Crippen LogP contribution is 2.24. The molecule has 0 unspecified atom stereocenters. The fraction of sp³-hybridized carbons (Fsp3) is 0.296. The SMILES string of the molecule is Cc1ccc(OC2CN(C(=O)c3cc(F)ccc3C(=O)NCCc3ccc(N(C)C)cc3)C2)nc1.Cc1ccc(OC2CN(C(=O)c3ccc(F)cc3C(=O)NCCc3ccc(N(C)C)cc3)C2)nc1. The van der Waals surface area contributed by atoms with E-state index in [2.05, 4.69) is 20.6 Å². The molecule has 2 fully saturated rings. The van der Waals surface area contributed by atoms with Gasteiger partial charge in [-0.1, -0.05) is 36.4 Å². The van der Waals surface area contributed by atoms with Gasteiger partial charge in [0.05, 0.1) is 48.4 Å². The first kappa shape index (κ1) is 50.0. The Morgan fingerprint density at radius 3 is 1.36 bits per heavy atom. The normalized spacial score (nSPS) is 13.2. The summed E-state index contributed by atoms with van der Waals surface area (Å²) in [6.45, 7) is 6.08. The van der Waals surface area contributed by atoms with Crippen molar-refractivity contribution in [3.8, 4) is 11.8 Å². The Labute approximate surface area is 407 Å². The standard InChI is InChI=1S/2C27H29FN4O3/c1-18-4-11-25(30-15-18)35-22-16-32(17-22)27(34)23-10-7-20(28)14-24(23)26(33)29-13-12-19-5-8-21(9-6-19)31(2)3;1-18-4-11-25(30-15-18)35-22-16-32(17-22)27(34)24-14-20(28)7-10-23(24)26(33)29-13-12-19-5-8-21(9-6-19)31(2)3/h2*4-11,14-15,22H,12-13,16-17H2,1-3H3,(H,29,33). The van der Waals surface area contributed by atoms with E-state index in [0.717, 1.165) is 45.8 Å². The molecule has 0 spiro atoms. The molecule has 2 N–H and O–H groups in total. The highest BCUT2D eigenvalue weighted by Gasteiger charge is 2.36. The lowest BCUT2D eigenvalue weighted by Gasteiger charge is -2.38. The van der Waals surface area contributed by atoms with Crippen molar-refractivity contribution in [3.05, 3.63) is 178 Å². The number of benzene rings is 4. The van der Waals surface area contributed by atoms with Gasteiger partial charge in [-0.15, -0.1) is 0 Å². The number of nitrogens with zero attached hydrogens (tertiary/aromatic N) is 6. The zero-order chi connectivity index (χ0) is 49.9. The zero-order valence-electron chi connectivity index (χ0n) is 40.2. The number of carbonyl (C=O) groups excluding carboxylic acids is 4. The molecule has 2 saturated heterocycles. The van der Waals surface area contributed by atoms with E-state index >= 15 is 0 Å². The Bertz CT molecular complexity index is 2760. The van der Waals surface area contributed by atoms with Gasteiger partial charge in [-0.3, -0.25) is 19.2 Å². The van der Waals surface area contributed by atoms with E-state index in [4.69, 9.17) is 9.47 Å². The minimum Gasteiger partial charge on any atom is -0.471 e. The first-order valence-corrected chi connectivity index (χ1v) is 23.1. The lowest BCUT2D eigenvalue weighted by atomic mass is 10.0. The van der Waals surface area contributed by atoms with Gasteiger partial charge in [-0.25, -0.2) is 18.7 Å². The predicted octanol–water partition coefficient (Wildman–Crippen LogP) is 6.94. The van der Waals surface area contributed by atoms with Gasteiger partial charge in [0.15, 0.2) is 0 Å². The first-order chi connectivity index (χ1) is 33.6. The van der Waals surface area contributed by atoms with Crippen molar-refractivity contribution in [1.82, 2.24) is 30.4 Å². The molecular weight excluding hydrogens is 895 g/mol. The van der Waals surface area contributed by atoms with Gasteiger partial charge >= 0.3 is 0 Å². The zero-order valence-corrected chi connectivity index (χ0v) is 40.2. The van der Waals surface area contributed by atoms with Gasteiger partial charge in [0.1, 0.15) is 23.8 Å². The average molecular weight is 953 g/mol. The van der Waals surface area contributed by atoms with Crippen LogP contribution in [-0.2, 0) is 12.8 Å². The number of aryl methyl sites for hydroxylation is 2. The second-order valence-electron chi connectivity index (χ2n) is 17.8. The number of ether oxygens (including phenoxy) is 2. The third kappa shape index (κ3) is 13.2. The number of nitrogens with one attached hydrogen (secondary N) is 2. The topological polar surface area (TPSA) is 150 Å². The fourth-order valence-corrected chi connectivity index (χ4v) is 7.62. The molecule has 4 aromatic carbocycles. The number of amides is 4. The minimum absolute atomic E-state index is 0.0301. The second kappa shape index (κ2) is 22.9. The van der Waals surface area contributed by atoms with E-state index in [9.17, 15) is 28.0 Å². The van der Waals surface area contributed by atoms with Crippen LogP contribution >= 0.6 is 0 Å². The molecule has 2 aliphatic rings. The molecule has 0 radical (unpaired) electrons. The van der Waals surface area contributed by atoms with E-state index in [1.54, 1.807) is 29.4 Å². The smallest absolute Gasteiger partial charge is 0.255 e. The average Bonchev–Trinajstić information content (AvgIpc) is 3.32. The number of likely N-dealkylation sites (tertiary alicyclic amines) is 2. The Morgan fingerprint density at radius 1 is 0.543 bits per heavy atom. The van der Waals surface area contributed by atoms with Gasteiger partial charge in [0.25, 0.3) is 23.6 Å². The van der Waals surface area contributed by atoms with Crippen LogP contribution in [0.15, 0.2) is 122 Å². The van der Waals surface area contributed by atoms with E-state index in [1.807, 2.05) is 113 Å². The molecule has 4 heterocycles. The summed E-state index contributed by atoms with van der Waals surface area (Å²) in [5, 5.41) is 5.65. The first-order valence-electron chi connectivity index (χ1n) is 23.1. The molecule has 0 bridgehead atoms. The quantitative estimate of drug-likeness (QED) is 0.105. The summed E-state index contributed by atoms with van der Waals surface area (Å²) >= 11 is 0. The molecule has 364 valence electrons. The maximum atomic E-state index is 14.0. The van der Waals surface area contributed by atoms with Crippen molar-refractivity contribution >= 4 is 35.0 Å². The number of carbonyl (C=O) groups is 4. The molecule has 14 nitrogen and oxygen atoms in total. The van der Waals surface area contributed by atoms with Gasteiger partial charge in [-0.05, 0) is 110 Å². The number of rotatable bonds is 16. The molecule has 0 saturated carbocycles. The Hall–Kier alpha value is -7.88. The van der Waals surface area contributed by atoms with Crippen molar-refractivity contribution in [1.29, 1.82) is 0 Å². The van der Waals surface area contributed by atoms with Crippen LogP contribution in [0.4, 0.5) is 20.2 Å².